The number of hydrogen-bond donors (Lipinski definition) is 1. The number of anilines is 1. The van der Waals surface area contributed by atoms with Crippen LogP contribution in [0.25, 0.3) is 0 Å². The molecule has 0 saturated carbocycles. The molecule has 1 unspecified atom stereocenters. The van der Waals surface area contributed by atoms with Gasteiger partial charge in [0.05, 0.1) is 23.7 Å². The quantitative estimate of drug-likeness (QED) is 0.531. The lowest BCUT2D eigenvalue weighted by atomic mass is 10.0. The Bertz CT molecular complexity index is 1020. The number of imidazole rings is 1. The number of nitriles is 1. The number of hydrogen-bond acceptors (Lipinski definition) is 6. The summed E-state index contributed by atoms with van der Waals surface area (Å²) in [6.07, 6.45) is 3.47. The first-order valence-corrected chi connectivity index (χ1v) is 8.09. The number of nitro benzene ring substituents is 1. The van der Waals surface area contributed by atoms with Gasteiger partial charge in [-0.2, -0.15) is 5.26 Å². The van der Waals surface area contributed by atoms with E-state index < -0.39 is 11.0 Å². The molecule has 0 aliphatic carbocycles. The van der Waals surface area contributed by atoms with Gasteiger partial charge in [0, 0.05) is 25.5 Å². The highest BCUT2D eigenvalue weighted by Crippen LogP contribution is 2.32. The maximum Gasteiger partial charge on any atom is 0.293 e. The number of nitro groups is 1. The minimum atomic E-state index is -0.510. The number of nitrogens with zero attached hydrogens (tertiary/aromatic N) is 4. The normalized spacial score (nSPS) is 11.4. The second-order valence-electron chi connectivity index (χ2n) is 5.85. The topological polar surface area (TPSA) is 106 Å². The summed E-state index contributed by atoms with van der Waals surface area (Å²) in [5.41, 5.74) is 1.19. The number of rotatable bonds is 6. The third kappa shape index (κ3) is 3.72. The van der Waals surface area contributed by atoms with Crippen LogP contribution in [0.1, 0.15) is 23.0 Å². The zero-order valence-electron chi connectivity index (χ0n) is 14.8. The van der Waals surface area contributed by atoms with Crippen LogP contribution >= 0.6 is 0 Å². The summed E-state index contributed by atoms with van der Waals surface area (Å²) < 4.78 is 7.14. The third-order valence-corrected chi connectivity index (χ3v) is 4.17. The van der Waals surface area contributed by atoms with Gasteiger partial charge in [-0.25, -0.2) is 4.98 Å². The smallest absolute Gasteiger partial charge is 0.293 e. The lowest BCUT2D eigenvalue weighted by Gasteiger charge is -2.21. The van der Waals surface area contributed by atoms with Gasteiger partial charge in [-0.3, -0.25) is 10.1 Å². The third-order valence-electron chi connectivity index (χ3n) is 4.17. The Morgan fingerprint density at radius 3 is 2.78 bits per heavy atom. The second-order valence-corrected chi connectivity index (χ2v) is 5.85. The van der Waals surface area contributed by atoms with Crippen molar-refractivity contribution in [1.82, 2.24) is 9.55 Å². The molecule has 3 aromatic rings. The average Bonchev–Trinajstić information content (AvgIpc) is 3.11. The molecule has 0 saturated heterocycles. The molecule has 2 aromatic carbocycles. The summed E-state index contributed by atoms with van der Waals surface area (Å²) in [5, 5.41) is 23.7. The van der Waals surface area contributed by atoms with E-state index >= 15 is 0 Å². The van der Waals surface area contributed by atoms with Crippen LogP contribution in [0.4, 0.5) is 11.4 Å². The van der Waals surface area contributed by atoms with Crippen LogP contribution in [0.2, 0.25) is 0 Å². The molecule has 0 radical (unpaired) electrons. The van der Waals surface area contributed by atoms with Crippen LogP contribution in [0.3, 0.4) is 0 Å². The van der Waals surface area contributed by atoms with Gasteiger partial charge in [0.2, 0.25) is 0 Å². The summed E-state index contributed by atoms with van der Waals surface area (Å²) >= 11 is 0. The number of methoxy groups -OCH3 is 1. The van der Waals surface area contributed by atoms with Crippen molar-refractivity contribution in [3.8, 4) is 11.8 Å². The second kappa shape index (κ2) is 7.58. The molecule has 8 nitrogen and oxygen atoms in total. The first-order chi connectivity index (χ1) is 13.0. The summed E-state index contributed by atoms with van der Waals surface area (Å²) in [6, 6.07) is 13.2. The zero-order chi connectivity index (χ0) is 19.4. The Morgan fingerprint density at radius 2 is 2.15 bits per heavy atom. The van der Waals surface area contributed by atoms with E-state index in [4.69, 9.17) is 10.00 Å². The number of nitrogens with one attached hydrogen (secondary N) is 1. The predicted molar refractivity (Wildman–Crippen MR) is 99.5 cm³/mol. The van der Waals surface area contributed by atoms with E-state index in [1.807, 2.05) is 41.9 Å². The minimum absolute atomic E-state index is 0.170. The van der Waals surface area contributed by atoms with Gasteiger partial charge in [0.1, 0.15) is 23.3 Å². The molecular formula is C19H17N5O3. The van der Waals surface area contributed by atoms with Crippen LogP contribution in [0.15, 0.2) is 54.9 Å². The number of benzene rings is 2. The fourth-order valence-electron chi connectivity index (χ4n) is 2.80. The van der Waals surface area contributed by atoms with Crippen molar-refractivity contribution in [3.05, 3.63) is 81.9 Å². The molecule has 1 N–H and O–H groups in total. The standard InChI is InChI=1S/C19H17N5O3/c1-23-9-8-21-19(23)18(14-4-3-5-15(11-14)27-2)22-16-7-6-13(12-20)10-17(16)24(25)26/h3-11,18,22H,1-2H3. The molecule has 1 heterocycles. The average molecular weight is 363 g/mol. The van der Waals surface area contributed by atoms with Gasteiger partial charge in [-0.05, 0) is 29.8 Å². The van der Waals surface area contributed by atoms with Crippen LogP contribution in [0, 0.1) is 21.4 Å². The van der Waals surface area contributed by atoms with Gasteiger partial charge in [0.15, 0.2) is 0 Å². The largest absolute Gasteiger partial charge is 0.497 e. The molecule has 0 fully saturated rings. The van der Waals surface area contributed by atoms with Crippen molar-refractivity contribution >= 4 is 11.4 Å². The number of aromatic nitrogens is 2. The van der Waals surface area contributed by atoms with E-state index in [0.29, 0.717) is 17.3 Å². The summed E-state index contributed by atoms with van der Waals surface area (Å²) in [6.45, 7) is 0. The molecule has 27 heavy (non-hydrogen) atoms. The maximum atomic E-state index is 11.5. The number of aryl methyl sites for hydroxylation is 1. The first-order valence-electron chi connectivity index (χ1n) is 8.09. The van der Waals surface area contributed by atoms with E-state index in [-0.39, 0.29) is 11.3 Å². The fourth-order valence-corrected chi connectivity index (χ4v) is 2.80. The van der Waals surface area contributed by atoms with Gasteiger partial charge in [0.25, 0.3) is 5.69 Å². The van der Waals surface area contributed by atoms with Crippen LogP contribution in [-0.2, 0) is 7.05 Å². The molecule has 1 aromatic heterocycles. The van der Waals surface area contributed by atoms with Crippen LogP contribution in [0.5, 0.6) is 5.75 Å². The van der Waals surface area contributed by atoms with Gasteiger partial charge >= 0.3 is 0 Å². The molecule has 0 bridgehead atoms. The SMILES string of the molecule is COc1cccc(C(Nc2ccc(C#N)cc2[N+](=O)[O-])c2nccn2C)c1. The molecule has 0 aliphatic heterocycles. The van der Waals surface area contributed by atoms with E-state index in [0.717, 1.165) is 5.56 Å². The van der Waals surface area contributed by atoms with Gasteiger partial charge < -0.3 is 14.6 Å². The first kappa shape index (κ1) is 17.9. The van der Waals surface area contributed by atoms with Crippen molar-refractivity contribution in [2.45, 2.75) is 6.04 Å². The summed E-state index contributed by atoms with van der Waals surface area (Å²) in [7, 11) is 3.43. The molecule has 3 rings (SSSR count). The minimum Gasteiger partial charge on any atom is -0.497 e. The maximum absolute atomic E-state index is 11.5. The van der Waals surface area contributed by atoms with Crippen molar-refractivity contribution < 1.29 is 9.66 Å². The van der Waals surface area contributed by atoms with Crippen molar-refractivity contribution in [3.63, 3.8) is 0 Å². The fraction of sp³-hybridized carbons (Fsp3) is 0.158. The van der Waals surface area contributed by atoms with E-state index in [9.17, 15) is 10.1 Å². The molecule has 0 amide bonds. The molecule has 1 atom stereocenters. The van der Waals surface area contributed by atoms with Crippen molar-refractivity contribution in [1.29, 1.82) is 5.26 Å². The highest BCUT2D eigenvalue weighted by Gasteiger charge is 2.23. The Hall–Kier alpha value is -3.86. The lowest BCUT2D eigenvalue weighted by Crippen LogP contribution is -2.17. The molecule has 0 aliphatic rings. The monoisotopic (exact) mass is 363 g/mol. The van der Waals surface area contributed by atoms with Crippen LogP contribution in [-0.4, -0.2) is 21.6 Å². The van der Waals surface area contributed by atoms with Crippen molar-refractivity contribution in [2.75, 3.05) is 12.4 Å². The predicted octanol–water partition coefficient (Wildman–Crippen LogP) is 3.41. The van der Waals surface area contributed by atoms with Crippen LogP contribution < -0.4 is 10.1 Å². The molecule has 8 heteroatoms. The zero-order valence-corrected chi connectivity index (χ0v) is 14.8. The molecule has 0 spiro atoms. The van der Waals surface area contributed by atoms with Crippen molar-refractivity contribution in [2.24, 2.45) is 7.05 Å². The summed E-state index contributed by atoms with van der Waals surface area (Å²) in [5.74, 6) is 1.35. The van der Waals surface area contributed by atoms with E-state index in [2.05, 4.69) is 10.3 Å². The Morgan fingerprint density at radius 1 is 1.33 bits per heavy atom. The highest BCUT2D eigenvalue weighted by molar-refractivity contribution is 5.65. The van der Waals surface area contributed by atoms with E-state index in [1.165, 1.54) is 18.2 Å². The van der Waals surface area contributed by atoms with Gasteiger partial charge in [-0.15, -0.1) is 0 Å². The van der Waals surface area contributed by atoms with E-state index in [1.54, 1.807) is 19.5 Å². The molecular weight excluding hydrogens is 346 g/mol. The highest BCUT2D eigenvalue weighted by atomic mass is 16.6. The lowest BCUT2D eigenvalue weighted by molar-refractivity contribution is -0.384. The Kier molecular flexibility index (Phi) is 5.04. The van der Waals surface area contributed by atoms with Gasteiger partial charge in [-0.1, -0.05) is 12.1 Å². The Labute approximate surface area is 155 Å². The number of ether oxygens (including phenoxy) is 1. The molecule has 136 valence electrons. The summed E-state index contributed by atoms with van der Waals surface area (Å²) in [4.78, 5) is 15.4. The Balaban J connectivity index is 2.09.